The molecule has 1 unspecified atom stereocenters. The van der Waals surface area contributed by atoms with Crippen molar-refractivity contribution in [2.24, 2.45) is 4.99 Å². The first-order chi connectivity index (χ1) is 5.44. The van der Waals surface area contributed by atoms with E-state index in [1.807, 2.05) is 6.92 Å². The van der Waals surface area contributed by atoms with Gasteiger partial charge in [-0.15, -0.1) is 11.8 Å². The zero-order valence-electron chi connectivity index (χ0n) is 7.31. The Hall–Kier alpha value is -0.0700. The summed E-state index contributed by atoms with van der Waals surface area (Å²) in [5.74, 6) is 0.548. The summed E-state index contributed by atoms with van der Waals surface area (Å²) in [5.41, 5.74) is 0. The fraction of sp³-hybridized carbons (Fsp3) is 0.833. The molecule has 0 saturated carbocycles. The van der Waals surface area contributed by atoms with Gasteiger partial charge in [0.2, 0.25) is 10.0 Å². The molecule has 1 atom stereocenters. The lowest BCUT2D eigenvalue weighted by molar-refractivity contribution is 0.511. The van der Waals surface area contributed by atoms with E-state index in [0.717, 1.165) is 5.04 Å². The molecule has 0 aromatic carbocycles. The second kappa shape index (κ2) is 3.35. The van der Waals surface area contributed by atoms with Gasteiger partial charge in [-0.25, -0.2) is 12.7 Å². The fourth-order valence-electron chi connectivity index (χ4n) is 0.865. The normalized spacial score (nSPS) is 24.7. The van der Waals surface area contributed by atoms with Gasteiger partial charge in [0, 0.05) is 19.8 Å². The van der Waals surface area contributed by atoms with E-state index < -0.39 is 15.4 Å². The van der Waals surface area contributed by atoms with E-state index in [1.54, 1.807) is 0 Å². The minimum absolute atomic E-state index is 0.548. The molecule has 0 aromatic rings. The van der Waals surface area contributed by atoms with Crippen molar-refractivity contribution in [1.82, 2.24) is 4.31 Å². The first kappa shape index (κ1) is 10.0. The largest absolute Gasteiger partial charge is 0.261 e. The van der Waals surface area contributed by atoms with Crippen LogP contribution in [0.4, 0.5) is 0 Å². The summed E-state index contributed by atoms with van der Waals surface area (Å²) in [6.45, 7) is 1.83. The standard InChI is InChI=1S/C6H12N2O2S2/c1-5-7-6(4-11-5)12(9,10)8(2)3/h6H,4H2,1-3H3. The quantitative estimate of drug-likeness (QED) is 0.659. The van der Waals surface area contributed by atoms with Crippen LogP contribution in [0.15, 0.2) is 4.99 Å². The van der Waals surface area contributed by atoms with Gasteiger partial charge in [0.15, 0.2) is 5.37 Å². The van der Waals surface area contributed by atoms with Crippen molar-refractivity contribution in [3.8, 4) is 0 Å². The van der Waals surface area contributed by atoms with Crippen LogP contribution in [0.2, 0.25) is 0 Å². The zero-order chi connectivity index (χ0) is 9.35. The van der Waals surface area contributed by atoms with Crippen LogP contribution in [-0.4, -0.2) is 43.0 Å². The van der Waals surface area contributed by atoms with Crippen LogP contribution < -0.4 is 0 Å². The van der Waals surface area contributed by atoms with E-state index in [1.165, 1.54) is 30.2 Å². The number of thioether (sulfide) groups is 1. The second-order valence-corrected chi connectivity index (χ2v) is 6.26. The van der Waals surface area contributed by atoms with E-state index in [9.17, 15) is 8.42 Å². The van der Waals surface area contributed by atoms with Crippen molar-refractivity contribution in [1.29, 1.82) is 0 Å². The minimum atomic E-state index is -3.18. The molecule has 1 aliphatic heterocycles. The monoisotopic (exact) mass is 208 g/mol. The van der Waals surface area contributed by atoms with Crippen LogP contribution in [0.5, 0.6) is 0 Å². The summed E-state index contributed by atoms with van der Waals surface area (Å²) < 4.78 is 24.2. The lowest BCUT2D eigenvalue weighted by Crippen LogP contribution is -2.32. The maximum Gasteiger partial charge on any atom is 0.237 e. The van der Waals surface area contributed by atoms with Crippen LogP contribution in [0.3, 0.4) is 0 Å². The van der Waals surface area contributed by atoms with E-state index >= 15 is 0 Å². The average Bonchev–Trinajstić information content (AvgIpc) is 2.35. The number of rotatable bonds is 2. The predicted octanol–water partition coefficient (Wildman–Crippen LogP) is 0.369. The second-order valence-electron chi connectivity index (χ2n) is 2.74. The summed E-state index contributed by atoms with van der Waals surface area (Å²) in [4.78, 5) is 4.03. The van der Waals surface area contributed by atoms with Gasteiger partial charge in [-0.1, -0.05) is 0 Å². The zero-order valence-corrected chi connectivity index (χ0v) is 8.94. The molecular weight excluding hydrogens is 196 g/mol. The predicted molar refractivity (Wildman–Crippen MR) is 52.0 cm³/mol. The van der Waals surface area contributed by atoms with Crippen molar-refractivity contribution in [2.45, 2.75) is 12.3 Å². The van der Waals surface area contributed by atoms with Crippen LogP contribution in [0, 0.1) is 0 Å². The molecule has 0 radical (unpaired) electrons. The van der Waals surface area contributed by atoms with E-state index in [0.29, 0.717) is 5.75 Å². The third kappa shape index (κ3) is 1.81. The van der Waals surface area contributed by atoms with Gasteiger partial charge in [-0.05, 0) is 6.92 Å². The highest BCUT2D eigenvalue weighted by atomic mass is 32.2. The Bertz CT molecular complexity index is 295. The van der Waals surface area contributed by atoms with Crippen molar-refractivity contribution in [3.05, 3.63) is 0 Å². The molecule has 0 amide bonds. The number of nitrogens with zero attached hydrogens (tertiary/aromatic N) is 2. The van der Waals surface area contributed by atoms with Gasteiger partial charge >= 0.3 is 0 Å². The van der Waals surface area contributed by atoms with Gasteiger partial charge in [0.05, 0.1) is 5.04 Å². The first-order valence-corrected chi connectivity index (χ1v) is 6.02. The molecule has 0 bridgehead atoms. The van der Waals surface area contributed by atoms with Crippen LogP contribution in [0.1, 0.15) is 6.92 Å². The molecule has 6 heteroatoms. The Morgan fingerprint density at radius 3 is 2.50 bits per heavy atom. The highest BCUT2D eigenvalue weighted by molar-refractivity contribution is 8.14. The third-order valence-corrected chi connectivity index (χ3v) is 4.81. The molecule has 4 nitrogen and oxygen atoms in total. The Labute approximate surface area is 77.1 Å². The first-order valence-electron chi connectivity index (χ1n) is 3.53. The molecule has 1 heterocycles. The highest BCUT2D eigenvalue weighted by Gasteiger charge is 2.30. The average molecular weight is 208 g/mol. The lowest BCUT2D eigenvalue weighted by Gasteiger charge is -2.14. The summed E-state index contributed by atoms with van der Waals surface area (Å²) >= 11 is 1.49. The van der Waals surface area contributed by atoms with Gasteiger partial charge in [-0.3, -0.25) is 4.99 Å². The number of aliphatic imine (C=N–C) groups is 1. The molecular formula is C6H12N2O2S2. The maximum absolute atomic E-state index is 11.5. The SMILES string of the molecule is CC1=NC(S(=O)(=O)N(C)C)CS1. The summed E-state index contributed by atoms with van der Waals surface area (Å²) in [6, 6.07) is 0. The molecule has 0 aliphatic carbocycles. The summed E-state index contributed by atoms with van der Waals surface area (Å²) in [5, 5.41) is 0.280. The smallest absolute Gasteiger partial charge is 0.237 e. The Kier molecular flexibility index (Phi) is 2.80. The van der Waals surface area contributed by atoms with Crippen molar-refractivity contribution in [3.63, 3.8) is 0 Å². The molecule has 0 aromatic heterocycles. The maximum atomic E-state index is 11.5. The highest BCUT2D eigenvalue weighted by Crippen LogP contribution is 2.22. The lowest BCUT2D eigenvalue weighted by atomic mass is 10.7. The summed E-state index contributed by atoms with van der Waals surface area (Å²) in [6.07, 6.45) is 0. The van der Waals surface area contributed by atoms with Crippen LogP contribution >= 0.6 is 11.8 Å². The Morgan fingerprint density at radius 1 is 1.58 bits per heavy atom. The van der Waals surface area contributed by atoms with Crippen LogP contribution in [0.25, 0.3) is 0 Å². The Balaban J connectivity index is 2.86. The molecule has 70 valence electrons. The van der Waals surface area contributed by atoms with Crippen molar-refractivity contribution in [2.75, 3.05) is 19.8 Å². The fourth-order valence-corrected chi connectivity index (χ4v) is 3.26. The Morgan fingerprint density at radius 2 is 2.17 bits per heavy atom. The van der Waals surface area contributed by atoms with E-state index in [-0.39, 0.29) is 0 Å². The number of sulfonamides is 1. The molecule has 0 fully saturated rings. The van der Waals surface area contributed by atoms with Gasteiger partial charge in [0.25, 0.3) is 0 Å². The molecule has 0 saturated heterocycles. The van der Waals surface area contributed by atoms with Crippen LogP contribution in [-0.2, 0) is 10.0 Å². The third-order valence-electron chi connectivity index (χ3n) is 1.61. The molecule has 0 N–H and O–H groups in total. The molecule has 12 heavy (non-hydrogen) atoms. The van der Waals surface area contributed by atoms with Crippen molar-refractivity contribution >= 4 is 26.8 Å². The van der Waals surface area contributed by atoms with E-state index in [4.69, 9.17) is 0 Å². The van der Waals surface area contributed by atoms with Crippen molar-refractivity contribution < 1.29 is 8.42 Å². The molecule has 1 aliphatic rings. The topological polar surface area (TPSA) is 49.7 Å². The summed E-state index contributed by atoms with van der Waals surface area (Å²) in [7, 11) is -0.123. The minimum Gasteiger partial charge on any atom is -0.261 e. The van der Waals surface area contributed by atoms with E-state index in [2.05, 4.69) is 4.99 Å². The molecule has 1 rings (SSSR count). The van der Waals surface area contributed by atoms with Gasteiger partial charge in [0.1, 0.15) is 0 Å². The number of hydrogen-bond acceptors (Lipinski definition) is 4. The van der Waals surface area contributed by atoms with Gasteiger partial charge < -0.3 is 0 Å². The van der Waals surface area contributed by atoms with Gasteiger partial charge in [-0.2, -0.15) is 0 Å². The molecule has 0 spiro atoms. The number of hydrogen-bond donors (Lipinski definition) is 0.